The summed E-state index contributed by atoms with van der Waals surface area (Å²) >= 11 is 0. The second-order valence-electron chi connectivity index (χ2n) is 11.2. The molecule has 0 atom stereocenters. The summed E-state index contributed by atoms with van der Waals surface area (Å²) in [5, 5.41) is 0. The summed E-state index contributed by atoms with van der Waals surface area (Å²) in [5.41, 5.74) is 2.02. The molecule has 1 fully saturated rings. The highest BCUT2D eigenvalue weighted by Gasteiger charge is 2.29. The van der Waals surface area contributed by atoms with Crippen LogP contribution in [0.5, 0.6) is 5.75 Å². The first kappa shape index (κ1) is 29.4. The van der Waals surface area contributed by atoms with Crippen molar-refractivity contribution >= 4 is 11.8 Å². The number of para-hydroxylation sites is 1. The van der Waals surface area contributed by atoms with Crippen molar-refractivity contribution in [2.45, 2.75) is 71.5 Å². The van der Waals surface area contributed by atoms with Crippen molar-refractivity contribution in [1.29, 1.82) is 0 Å². The smallest absolute Gasteiger partial charge is 0.260 e. The van der Waals surface area contributed by atoms with Gasteiger partial charge in [0.15, 0.2) is 6.61 Å². The van der Waals surface area contributed by atoms with Gasteiger partial charge in [-0.05, 0) is 67.1 Å². The topological polar surface area (TPSA) is 54.8 Å². The molecule has 2 amide bonds. The zero-order chi connectivity index (χ0) is 28.3. The summed E-state index contributed by atoms with van der Waals surface area (Å²) in [5.74, 6) is 0.581. The lowest BCUT2D eigenvalue weighted by atomic mass is 9.94. The fourth-order valence-corrected chi connectivity index (χ4v) is 5.24. The Labute approximate surface area is 237 Å². The van der Waals surface area contributed by atoms with E-state index >= 15 is 0 Å². The van der Waals surface area contributed by atoms with E-state index < -0.39 is 0 Å². The number of benzene rings is 2. The Morgan fingerprint density at radius 2 is 1.68 bits per heavy atom. The standard InChI is InChI=1S/C33H42FN3O3/c1-26(2)19-21-36(33(39)25-40-31-13-7-4-8-14-31)24-32(38)37(29-10-5-3-6-11-29)23-30-12-9-20-35(30)22-27-15-17-28(34)18-16-27/h4,7-9,12-18,20,26,29H,3,5-6,10-11,19,21-25H2,1-2H3. The summed E-state index contributed by atoms with van der Waals surface area (Å²) < 4.78 is 21.3. The van der Waals surface area contributed by atoms with Crippen molar-refractivity contribution in [3.63, 3.8) is 0 Å². The van der Waals surface area contributed by atoms with E-state index in [0.717, 1.165) is 43.4 Å². The summed E-state index contributed by atoms with van der Waals surface area (Å²) in [6, 6.07) is 20.0. The van der Waals surface area contributed by atoms with Crippen LogP contribution in [-0.2, 0) is 22.7 Å². The van der Waals surface area contributed by atoms with E-state index in [0.29, 0.717) is 31.3 Å². The van der Waals surface area contributed by atoms with Crippen molar-refractivity contribution < 1.29 is 18.7 Å². The molecule has 0 saturated heterocycles. The third kappa shape index (κ3) is 8.70. The number of rotatable bonds is 13. The summed E-state index contributed by atoms with van der Waals surface area (Å²) in [7, 11) is 0. The van der Waals surface area contributed by atoms with Gasteiger partial charge in [-0.3, -0.25) is 9.59 Å². The maximum Gasteiger partial charge on any atom is 0.260 e. The first-order valence-electron chi connectivity index (χ1n) is 14.5. The Balaban J connectivity index is 1.48. The van der Waals surface area contributed by atoms with Gasteiger partial charge in [0.2, 0.25) is 5.91 Å². The fraction of sp³-hybridized carbons (Fsp3) is 0.455. The van der Waals surface area contributed by atoms with Gasteiger partial charge >= 0.3 is 0 Å². The molecule has 1 aliphatic rings. The molecule has 1 aliphatic carbocycles. The van der Waals surface area contributed by atoms with Crippen molar-refractivity contribution in [3.8, 4) is 5.75 Å². The van der Waals surface area contributed by atoms with Crippen molar-refractivity contribution in [3.05, 3.63) is 90.0 Å². The number of carbonyl (C=O) groups is 2. The summed E-state index contributed by atoms with van der Waals surface area (Å²) in [6.45, 7) is 5.77. The van der Waals surface area contributed by atoms with Crippen molar-refractivity contribution in [2.24, 2.45) is 5.92 Å². The Bertz CT molecular complexity index is 1200. The second-order valence-corrected chi connectivity index (χ2v) is 11.2. The quantitative estimate of drug-likeness (QED) is 0.253. The molecule has 1 heterocycles. The molecule has 0 N–H and O–H groups in total. The lowest BCUT2D eigenvalue weighted by Crippen LogP contribution is -2.48. The number of hydrogen-bond acceptors (Lipinski definition) is 3. The predicted molar refractivity (Wildman–Crippen MR) is 155 cm³/mol. The first-order valence-corrected chi connectivity index (χ1v) is 14.5. The Hall–Kier alpha value is -3.61. The van der Waals surface area contributed by atoms with E-state index in [1.54, 1.807) is 17.0 Å². The van der Waals surface area contributed by atoms with E-state index in [1.165, 1.54) is 18.6 Å². The first-order chi connectivity index (χ1) is 19.4. The molecule has 0 unspecified atom stereocenters. The molecule has 214 valence electrons. The lowest BCUT2D eigenvalue weighted by Gasteiger charge is -2.36. The molecular formula is C33H42FN3O3. The van der Waals surface area contributed by atoms with Gasteiger partial charge in [0.05, 0.1) is 13.1 Å². The zero-order valence-corrected chi connectivity index (χ0v) is 23.8. The molecule has 0 spiro atoms. The van der Waals surface area contributed by atoms with E-state index in [2.05, 4.69) is 18.4 Å². The van der Waals surface area contributed by atoms with Crippen LogP contribution in [0.2, 0.25) is 0 Å². The van der Waals surface area contributed by atoms with Crippen LogP contribution in [0.15, 0.2) is 72.9 Å². The third-order valence-corrected chi connectivity index (χ3v) is 7.62. The fourth-order valence-electron chi connectivity index (χ4n) is 5.24. The molecule has 0 radical (unpaired) electrons. The maximum atomic E-state index is 13.9. The van der Waals surface area contributed by atoms with Gasteiger partial charge in [-0.25, -0.2) is 4.39 Å². The normalized spacial score (nSPS) is 13.8. The molecule has 1 saturated carbocycles. The highest BCUT2D eigenvalue weighted by atomic mass is 19.1. The van der Waals surface area contributed by atoms with Crippen LogP contribution in [-0.4, -0.2) is 51.9 Å². The number of nitrogens with zero attached hydrogens (tertiary/aromatic N) is 3. The molecule has 6 nitrogen and oxygen atoms in total. The SMILES string of the molecule is CC(C)CCN(CC(=O)N(Cc1cccn1Cc1ccc(F)cc1)C1CCCCC1)C(=O)COc1ccccc1. The Morgan fingerprint density at radius 3 is 2.38 bits per heavy atom. The number of halogens is 1. The summed E-state index contributed by atoms with van der Waals surface area (Å²) in [4.78, 5) is 30.9. The highest BCUT2D eigenvalue weighted by Crippen LogP contribution is 2.25. The molecule has 1 aromatic heterocycles. The number of carbonyl (C=O) groups excluding carboxylic acids is 2. The minimum absolute atomic E-state index is 0.0294. The molecule has 2 aromatic carbocycles. The number of amides is 2. The Kier molecular flexibility index (Phi) is 10.8. The molecule has 3 aromatic rings. The third-order valence-electron chi connectivity index (χ3n) is 7.62. The molecule has 7 heteroatoms. The predicted octanol–water partition coefficient (Wildman–Crippen LogP) is 6.29. The lowest BCUT2D eigenvalue weighted by molar-refractivity contribution is -0.144. The van der Waals surface area contributed by atoms with E-state index in [1.807, 2.05) is 53.6 Å². The van der Waals surface area contributed by atoms with Crippen LogP contribution < -0.4 is 4.74 Å². The van der Waals surface area contributed by atoms with Gasteiger partial charge in [-0.2, -0.15) is 0 Å². The number of aromatic nitrogens is 1. The van der Waals surface area contributed by atoms with Gasteiger partial charge < -0.3 is 19.1 Å². The van der Waals surface area contributed by atoms with Gasteiger partial charge in [0.1, 0.15) is 11.6 Å². The minimum Gasteiger partial charge on any atom is -0.484 e. The maximum absolute atomic E-state index is 13.9. The van der Waals surface area contributed by atoms with Crippen LogP contribution >= 0.6 is 0 Å². The van der Waals surface area contributed by atoms with E-state index in [4.69, 9.17) is 4.74 Å². The van der Waals surface area contributed by atoms with Gasteiger partial charge in [-0.15, -0.1) is 0 Å². The van der Waals surface area contributed by atoms with Crippen LogP contribution in [0.1, 0.15) is 63.6 Å². The summed E-state index contributed by atoms with van der Waals surface area (Å²) in [6.07, 6.45) is 8.16. The van der Waals surface area contributed by atoms with Gasteiger partial charge in [0.25, 0.3) is 5.91 Å². The van der Waals surface area contributed by atoms with Gasteiger partial charge in [-0.1, -0.05) is 63.4 Å². The number of ether oxygens (including phenoxy) is 1. The van der Waals surface area contributed by atoms with E-state index in [9.17, 15) is 14.0 Å². The van der Waals surface area contributed by atoms with E-state index in [-0.39, 0.29) is 36.8 Å². The van der Waals surface area contributed by atoms with Crippen LogP contribution in [0.3, 0.4) is 0 Å². The van der Waals surface area contributed by atoms with Crippen LogP contribution in [0, 0.1) is 11.7 Å². The van der Waals surface area contributed by atoms with Crippen LogP contribution in [0.25, 0.3) is 0 Å². The highest BCUT2D eigenvalue weighted by molar-refractivity contribution is 5.85. The zero-order valence-electron chi connectivity index (χ0n) is 23.8. The number of hydrogen-bond donors (Lipinski definition) is 0. The largest absolute Gasteiger partial charge is 0.484 e. The molecule has 0 aliphatic heterocycles. The Morgan fingerprint density at radius 1 is 0.950 bits per heavy atom. The van der Waals surface area contributed by atoms with Crippen LogP contribution in [0.4, 0.5) is 4.39 Å². The van der Waals surface area contributed by atoms with Crippen molar-refractivity contribution in [2.75, 3.05) is 19.7 Å². The molecule has 40 heavy (non-hydrogen) atoms. The monoisotopic (exact) mass is 547 g/mol. The average Bonchev–Trinajstić information content (AvgIpc) is 3.41. The molecular weight excluding hydrogens is 505 g/mol. The van der Waals surface area contributed by atoms with Crippen molar-refractivity contribution in [1.82, 2.24) is 14.4 Å². The second kappa shape index (κ2) is 14.7. The minimum atomic E-state index is -0.253. The van der Waals surface area contributed by atoms with Gasteiger partial charge in [0, 0.05) is 31.0 Å². The molecule has 0 bridgehead atoms. The molecule has 4 rings (SSSR count). The average molecular weight is 548 g/mol.